The number of hydrogen-bond donors (Lipinski definition) is 1. The van der Waals surface area contributed by atoms with Gasteiger partial charge in [-0.15, -0.1) is 0 Å². The van der Waals surface area contributed by atoms with Crippen LogP contribution < -0.4 is 10.1 Å². The zero-order valence-corrected chi connectivity index (χ0v) is 14.5. The first-order valence-electron chi connectivity index (χ1n) is 8.79. The standard InChI is InChI=1S/C19H24N2O4/c1-25-15-7-3-2-6-14(15)8-11-20-16(22)13-21-17(23)12-19(18(21)24)9-4-5-10-19/h2-3,6-7H,4-5,8-13H2,1H3,(H,20,22). The van der Waals surface area contributed by atoms with Gasteiger partial charge < -0.3 is 10.1 Å². The van der Waals surface area contributed by atoms with Crippen LogP contribution in [0.2, 0.25) is 0 Å². The third kappa shape index (κ3) is 3.52. The minimum absolute atomic E-state index is 0.158. The summed E-state index contributed by atoms with van der Waals surface area (Å²) in [5.74, 6) is 0.109. The van der Waals surface area contributed by atoms with E-state index in [9.17, 15) is 14.4 Å². The minimum atomic E-state index is -0.519. The number of para-hydroxylation sites is 1. The van der Waals surface area contributed by atoms with Crippen LogP contribution in [-0.4, -0.2) is 42.8 Å². The van der Waals surface area contributed by atoms with Crippen LogP contribution in [0.1, 0.15) is 37.7 Å². The highest BCUT2D eigenvalue weighted by atomic mass is 16.5. The predicted octanol–water partition coefficient (Wildman–Crippen LogP) is 1.67. The second-order valence-corrected chi connectivity index (χ2v) is 6.86. The summed E-state index contributed by atoms with van der Waals surface area (Å²) in [7, 11) is 1.61. The zero-order chi connectivity index (χ0) is 17.9. The Morgan fingerprint density at radius 3 is 2.68 bits per heavy atom. The van der Waals surface area contributed by atoms with E-state index in [-0.39, 0.29) is 30.7 Å². The molecule has 0 bridgehead atoms. The Morgan fingerprint density at radius 1 is 1.24 bits per heavy atom. The highest BCUT2D eigenvalue weighted by molar-refractivity contribution is 6.08. The highest BCUT2D eigenvalue weighted by Crippen LogP contribution is 2.46. The van der Waals surface area contributed by atoms with Crippen molar-refractivity contribution in [1.29, 1.82) is 0 Å². The lowest BCUT2D eigenvalue weighted by Gasteiger charge is -2.20. The van der Waals surface area contributed by atoms with Crippen molar-refractivity contribution in [1.82, 2.24) is 10.2 Å². The van der Waals surface area contributed by atoms with Crippen LogP contribution in [0.5, 0.6) is 5.75 Å². The molecule has 25 heavy (non-hydrogen) atoms. The predicted molar refractivity (Wildman–Crippen MR) is 91.9 cm³/mol. The van der Waals surface area contributed by atoms with Crippen LogP contribution in [0.4, 0.5) is 0 Å². The molecule has 0 atom stereocenters. The number of nitrogens with zero attached hydrogens (tertiary/aromatic N) is 1. The number of ether oxygens (including phenoxy) is 1. The summed E-state index contributed by atoms with van der Waals surface area (Å²) in [4.78, 5) is 38.0. The second-order valence-electron chi connectivity index (χ2n) is 6.86. The fraction of sp³-hybridized carbons (Fsp3) is 0.526. The molecule has 0 radical (unpaired) electrons. The van der Waals surface area contributed by atoms with E-state index in [1.54, 1.807) is 7.11 Å². The molecule has 2 aliphatic rings. The third-order valence-corrected chi connectivity index (χ3v) is 5.26. The first-order chi connectivity index (χ1) is 12.1. The van der Waals surface area contributed by atoms with Gasteiger partial charge in [0, 0.05) is 13.0 Å². The van der Waals surface area contributed by atoms with Gasteiger partial charge in [-0.05, 0) is 30.9 Å². The molecule has 1 aliphatic carbocycles. The third-order valence-electron chi connectivity index (χ3n) is 5.26. The summed E-state index contributed by atoms with van der Waals surface area (Å²) in [6, 6.07) is 7.63. The summed E-state index contributed by atoms with van der Waals surface area (Å²) < 4.78 is 5.28. The van der Waals surface area contributed by atoms with Gasteiger partial charge in [-0.3, -0.25) is 19.3 Å². The molecule has 0 aromatic heterocycles. The Labute approximate surface area is 147 Å². The van der Waals surface area contributed by atoms with Gasteiger partial charge in [0.1, 0.15) is 12.3 Å². The van der Waals surface area contributed by atoms with E-state index in [4.69, 9.17) is 4.74 Å². The Morgan fingerprint density at radius 2 is 1.96 bits per heavy atom. The van der Waals surface area contributed by atoms with Gasteiger partial charge in [-0.2, -0.15) is 0 Å². The van der Waals surface area contributed by atoms with Crippen molar-refractivity contribution in [2.75, 3.05) is 20.2 Å². The molecule has 6 nitrogen and oxygen atoms in total. The summed E-state index contributed by atoms with van der Waals surface area (Å²) in [5.41, 5.74) is 0.484. The van der Waals surface area contributed by atoms with Crippen molar-refractivity contribution >= 4 is 17.7 Å². The molecule has 1 heterocycles. The Bertz CT molecular complexity index is 680. The number of likely N-dealkylation sites (tertiary alicyclic amines) is 1. The Balaban J connectivity index is 1.51. The summed E-state index contributed by atoms with van der Waals surface area (Å²) in [5, 5.41) is 2.79. The number of imide groups is 1. The molecule has 134 valence electrons. The summed E-state index contributed by atoms with van der Waals surface area (Å²) in [6.07, 6.45) is 4.39. The normalized spacial score (nSPS) is 18.8. The average molecular weight is 344 g/mol. The van der Waals surface area contributed by atoms with Crippen molar-refractivity contribution in [2.45, 2.75) is 38.5 Å². The first kappa shape index (κ1) is 17.5. The van der Waals surface area contributed by atoms with E-state index in [1.807, 2.05) is 24.3 Å². The molecule has 1 saturated carbocycles. The van der Waals surface area contributed by atoms with E-state index in [0.717, 1.165) is 41.9 Å². The van der Waals surface area contributed by atoms with Gasteiger partial charge in [0.05, 0.1) is 12.5 Å². The number of rotatable bonds is 6. The molecule has 0 unspecified atom stereocenters. The fourth-order valence-corrected chi connectivity index (χ4v) is 3.91. The molecule has 6 heteroatoms. The maximum absolute atomic E-state index is 12.6. The summed E-state index contributed by atoms with van der Waals surface area (Å²) in [6.45, 7) is 0.256. The first-order valence-corrected chi connectivity index (χ1v) is 8.79. The van der Waals surface area contributed by atoms with Crippen LogP contribution in [-0.2, 0) is 20.8 Å². The van der Waals surface area contributed by atoms with Crippen molar-refractivity contribution in [3.8, 4) is 5.75 Å². The lowest BCUT2D eigenvalue weighted by molar-refractivity contribution is -0.144. The van der Waals surface area contributed by atoms with Crippen molar-refractivity contribution < 1.29 is 19.1 Å². The number of nitrogens with one attached hydrogen (secondary N) is 1. The van der Waals surface area contributed by atoms with Crippen LogP contribution >= 0.6 is 0 Å². The van der Waals surface area contributed by atoms with Crippen LogP contribution in [0.25, 0.3) is 0 Å². The van der Waals surface area contributed by atoms with Crippen molar-refractivity contribution in [3.63, 3.8) is 0 Å². The number of benzene rings is 1. The molecule has 1 N–H and O–H groups in total. The van der Waals surface area contributed by atoms with Crippen molar-refractivity contribution in [3.05, 3.63) is 29.8 Å². The Kier molecular flexibility index (Phi) is 5.06. The van der Waals surface area contributed by atoms with E-state index in [0.29, 0.717) is 13.0 Å². The SMILES string of the molecule is COc1ccccc1CCNC(=O)CN1C(=O)CC2(CCCC2)C1=O. The lowest BCUT2D eigenvalue weighted by Crippen LogP contribution is -2.42. The van der Waals surface area contributed by atoms with Gasteiger partial charge in [-0.1, -0.05) is 31.0 Å². The largest absolute Gasteiger partial charge is 0.496 e. The lowest BCUT2D eigenvalue weighted by atomic mass is 9.84. The van der Waals surface area contributed by atoms with Gasteiger partial charge in [0.2, 0.25) is 17.7 Å². The summed E-state index contributed by atoms with van der Waals surface area (Å²) >= 11 is 0. The zero-order valence-electron chi connectivity index (χ0n) is 14.5. The van der Waals surface area contributed by atoms with E-state index in [2.05, 4.69) is 5.32 Å². The van der Waals surface area contributed by atoms with Gasteiger partial charge >= 0.3 is 0 Å². The molecular formula is C19H24N2O4. The van der Waals surface area contributed by atoms with Gasteiger partial charge in [-0.25, -0.2) is 0 Å². The van der Waals surface area contributed by atoms with Crippen LogP contribution in [0.3, 0.4) is 0 Å². The van der Waals surface area contributed by atoms with Crippen LogP contribution in [0, 0.1) is 5.41 Å². The molecule has 2 fully saturated rings. The maximum atomic E-state index is 12.6. The van der Waals surface area contributed by atoms with Gasteiger partial charge in [0.25, 0.3) is 0 Å². The molecule has 3 rings (SSSR count). The number of carbonyl (C=O) groups is 3. The monoisotopic (exact) mass is 344 g/mol. The maximum Gasteiger partial charge on any atom is 0.240 e. The smallest absolute Gasteiger partial charge is 0.240 e. The van der Waals surface area contributed by atoms with Gasteiger partial charge in [0.15, 0.2) is 0 Å². The number of amides is 3. The second kappa shape index (κ2) is 7.25. The molecule has 3 amide bonds. The molecule has 1 aromatic rings. The molecule has 1 saturated heterocycles. The number of hydrogen-bond acceptors (Lipinski definition) is 4. The Hall–Kier alpha value is -2.37. The van der Waals surface area contributed by atoms with E-state index >= 15 is 0 Å². The highest BCUT2D eigenvalue weighted by Gasteiger charge is 2.52. The molecule has 1 aliphatic heterocycles. The van der Waals surface area contributed by atoms with E-state index < -0.39 is 5.41 Å². The number of methoxy groups -OCH3 is 1. The molecule has 1 spiro atoms. The fourth-order valence-electron chi connectivity index (χ4n) is 3.91. The van der Waals surface area contributed by atoms with E-state index in [1.165, 1.54) is 0 Å². The molecule has 1 aromatic carbocycles. The van der Waals surface area contributed by atoms with Crippen molar-refractivity contribution in [2.24, 2.45) is 5.41 Å². The topological polar surface area (TPSA) is 75.7 Å². The quantitative estimate of drug-likeness (QED) is 0.797. The van der Waals surface area contributed by atoms with Crippen LogP contribution in [0.15, 0.2) is 24.3 Å². The molecular weight excluding hydrogens is 320 g/mol. The minimum Gasteiger partial charge on any atom is -0.496 e. The average Bonchev–Trinajstić information content (AvgIpc) is 3.16. The number of carbonyl (C=O) groups excluding carboxylic acids is 3.